The smallest absolute Gasteiger partial charge is 0.410 e. The SMILES string of the molecule is CCOC(=O)[C@@H]1CCN(C(=O)OC(C)(C)C)CC1c1ccc(C(=O)OC(C)(C)C)cc1. The zero-order chi connectivity index (χ0) is 23.4. The molecule has 0 spiro atoms. The quantitative estimate of drug-likeness (QED) is 0.512. The van der Waals surface area contributed by atoms with Gasteiger partial charge in [0.25, 0.3) is 0 Å². The molecule has 1 unspecified atom stereocenters. The first-order valence-corrected chi connectivity index (χ1v) is 10.8. The Balaban J connectivity index is 2.24. The first-order chi connectivity index (χ1) is 14.3. The Morgan fingerprint density at radius 2 is 1.55 bits per heavy atom. The van der Waals surface area contributed by atoms with E-state index in [1.54, 1.807) is 24.0 Å². The summed E-state index contributed by atoms with van der Waals surface area (Å²) in [6.07, 6.45) is 0.0847. The lowest BCUT2D eigenvalue weighted by molar-refractivity contribution is -0.150. The van der Waals surface area contributed by atoms with Crippen molar-refractivity contribution in [2.24, 2.45) is 5.92 Å². The number of amides is 1. The summed E-state index contributed by atoms with van der Waals surface area (Å²) in [4.78, 5) is 39.1. The average Bonchev–Trinajstić information content (AvgIpc) is 2.65. The summed E-state index contributed by atoms with van der Waals surface area (Å²) in [7, 11) is 0. The van der Waals surface area contributed by atoms with Crippen LogP contribution in [0.5, 0.6) is 0 Å². The van der Waals surface area contributed by atoms with Crippen LogP contribution in [-0.2, 0) is 19.0 Å². The summed E-state index contributed by atoms with van der Waals surface area (Å²) in [6, 6.07) is 7.01. The summed E-state index contributed by atoms with van der Waals surface area (Å²) < 4.78 is 16.2. The van der Waals surface area contributed by atoms with Gasteiger partial charge in [-0.1, -0.05) is 12.1 Å². The van der Waals surface area contributed by atoms with E-state index in [-0.39, 0.29) is 17.8 Å². The molecule has 1 amide bonds. The second kappa shape index (κ2) is 9.71. The summed E-state index contributed by atoms with van der Waals surface area (Å²) in [5, 5.41) is 0. The third-order valence-electron chi connectivity index (χ3n) is 4.83. The van der Waals surface area contributed by atoms with Gasteiger partial charge in [-0.25, -0.2) is 9.59 Å². The molecule has 1 aromatic carbocycles. The number of hydrogen-bond acceptors (Lipinski definition) is 6. The van der Waals surface area contributed by atoms with Crippen molar-refractivity contribution in [2.75, 3.05) is 19.7 Å². The third kappa shape index (κ3) is 7.26. The highest BCUT2D eigenvalue weighted by atomic mass is 16.6. The first kappa shape index (κ1) is 24.7. The molecule has 1 aliphatic rings. The summed E-state index contributed by atoms with van der Waals surface area (Å²) in [5.74, 6) is -1.30. The molecular weight excluding hydrogens is 398 g/mol. The lowest BCUT2D eigenvalue weighted by Gasteiger charge is -2.38. The van der Waals surface area contributed by atoms with Gasteiger partial charge in [0.15, 0.2) is 0 Å². The Kier molecular flexibility index (Phi) is 7.73. The number of likely N-dealkylation sites (tertiary alicyclic amines) is 1. The minimum atomic E-state index is -0.598. The highest BCUT2D eigenvalue weighted by Crippen LogP contribution is 2.34. The second-order valence-corrected chi connectivity index (χ2v) is 9.80. The topological polar surface area (TPSA) is 82.1 Å². The van der Waals surface area contributed by atoms with Crippen molar-refractivity contribution in [2.45, 2.75) is 72.0 Å². The van der Waals surface area contributed by atoms with Gasteiger partial charge in [0.05, 0.1) is 18.1 Å². The van der Waals surface area contributed by atoms with Gasteiger partial charge in [-0.05, 0) is 72.6 Å². The molecular formula is C24H35NO6. The number of piperidine rings is 1. The second-order valence-electron chi connectivity index (χ2n) is 9.80. The largest absolute Gasteiger partial charge is 0.466 e. The van der Waals surface area contributed by atoms with Crippen molar-refractivity contribution in [3.8, 4) is 0 Å². The first-order valence-electron chi connectivity index (χ1n) is 10.8. The van der Waals surface area contributed by atoms with Crippen LogP contribution in [0.15, 0.2) is 24.3 Å². The van der Waals surface area contributed by atoms with Crippen molar-refractivity contribution in [1.29, 1.82) is 0 Å². The molecule has 2 rings (SSSR count). The Morgan fingerprint density at radius 1 is 0.968 bits per heavy atom. The van der Waals surface area contributed by atoms with Gasteiger partial charge >= 0.3 is 18.0 Å². The minimum Gasteiger partial charge on any atom is -0.466 e. The molecule has 1 aromatic rings. The zero-order valence-corrected chi connectivity index (χ0v) is 19.7. The van der Waals surface area contributed by atoms with E-state index in [1.807, 2.05) is 53.7 Å². The van der Waals surface area contributed by atoms with E-state index in [2.05, 4.69) is 0 Å². The molecule has 0 bridgehead atoms. The molecule has 172 valence electrons. The molecule has 0 aromatic heterocycles. The molecule has 31 heavy (non-hydrogen) atoms. The molecule has 0 aliphatic carbocycles. The van der Waals surface area contributed by atoms with E-state index in [0.717, 1.165) is 5.56 Å². The predicted octanol–water partition coefficient (Wildman–Crippen LogP) is 4.55. The number of benzene rings is 1. The number of rotatable bonds is 4. The molecule has 1 aliphatic heterocycles. The van der Waals surface area contributed by atoms with Crippen LogP contribution >= 0.6 is 0 Å². The highest BCUT2D eigenvalue weighted by molar-refractivity contribution is 5.89. The Labute approximate surface area is 185 Å². The average molecular weight is 434 g/mol. The van der Waals surface area contributed by atoms with Gasteiger partial charge in [-0.15, -0.1) is 0 Å². The summed E-state index contributed by atoms with van der Waals surface area (Å²) >= 11 is 0. The van der Waals surface area contributed by atoms with Crippen molar-refractivity contribution in [3.63, 3.8) is 0 Å². The van der Waals surface area contributed by atoms with E-state index in [9.17, 15) is 14.4 Å². The van der Waals surface area contributed by atoms with Crippen LogP contribution < -0.4 is 0 Å². The Hall–Kier alpha value is -2.57. The van der Waals surface area contributed by atoms with Gasteiger partial charge in [-0.3, -0.25) is 4.79 Å². The fourth-order valence-electron chi connectivity index (χ4n) is 3.52. The normalized spacial score (nSPS) is 19.5. The standard InChI is InChI=1S/C24H35NO6/c1-8-29-21(27)18-13-14-25(22(28)31-24(5,6)7)15-19(18)16-9-11-17(12-10-16)20(26)30-23(2,3)4/h9-12,18-19H,8,13-15H2,1-7H3/t18-,19?/m1/s1. The molecule has 2 atom stereocenters. The van der Waals surface area contributed by atoms with Crippen molar-refractivity contribution in [1.82, 2.24) is 4.90 Å². The molecule has 7 nitrogen and oxygen atoms in total. The fourth-order valence-corrected chi connectivity index (χ4v) is 3.52. The molecule has 1 heterocycles. The monoisotopic (exact) mass is 433 g/mol. The van der Waals surface area contributed by atoms with Gasteiger partial charge < -0.3 is 19.1 Å². The molecule has 7 heteroatoms. The maximum absolute atomic E-state index is 12.6. The number of hydrogen-bond donors (Lipinski definition) is 0. The fraction of sp³-hybridized carbons (Fsp3) is 0.625. The number of carbonyl (C=O) groups excluding carboxylic acids is 3. The van der Waals surface area contributed by atoms with Crippen LogP contribution in [0.25, 0.3) is 0 Å². The van der Waals surface area contributed by atoms with Gasteiger partial charge in [0.2, 0.25) is 0 Å². The van der Waals surface area contributed by atoms with E-state index in [0.29, 0.717) is 31.7 Å². The summed E-state index contributed by atoms with van der Waals surface area (Å²) in [5.41, 5.74) is 0.117. The lowest BCUT2D eigenvalue weighted by atomic mass is 9.80. The van der Waals surface area contributed by atoms with Crippen LogP contribution in [0.4, 0.5) is 4.79 Å². The van der Waals surface area contributed by atoms with Gasteiger partial charge in [0, 0.05) is 19.0 Å². The van der Waals surface area contributed by atoms with Crippen molar-refractivity contribution in [3.05, 3.63) is 35.4 Å². The maximum atomic E-state index is 12.6. The van der Waals surface area contributed by atoms with Gasteiger partial charge in [-0.2, -0.15) is 0 Å². The zero-order valence-electron chi connectivity index (χ0n) is 19.7. The van der Waals surface area contributed by atoms with Gasteiger partial charge in [0.1, 0.15) is 11.2 Å². The number of esters is 2. The maximum Gasteiger partial charge on any atom is 0.410 e. The van der Waals surface area contributed by atoms with Crippen LogP contribution in [0.2, 0.25) is 0 Å². The molecule has 1 saturated heterocycles. The van der Waals surface area contributed by atoms with Crippen LogP contribution in [-0.4, -0.2) is 53.8 Å². The van der Waals surface area contributed by atoms with E-state index < -0.39 is 23.3 Å². The molecule has 0 N–H and O–H groups in total. The Morgan fingerprint density at radius 3 is 2.06 bits per heavy atom. The highest BCUT2D eigenvalue weighted by Gasteiger charge is 2.38. The number of carbonyl (C=O) groups is 3. The van der Waals surface area contributed by atoms with E-state index in [1.165, 1.54) is 0 Å². The number of nitrogens with zero attached hydrogens (tertiary/aromatic N) is 1. The van der Waals surface area contributed by atoms with E-state index >= 15 is 0 Å². The van der Waals surface area contributed by atoms with Crippen LogP contribution in [0.1, 0.15) is 76.7 Å². The van der Waals surface area contributed by atoms with E-state index in [4.69, 9.17) is 14.2 Å². The molecule has 1 fully saturated rings. The lowest BCUT2D eigenvalue weighted by Crippen LogP contribution is -2.47. The molecule has 0 radical (unpaired) electrons. The minimum absolute atomic E-state index is 0.256. The van der Waals surface area contributed by atoms with Crippen molar-refractivity contribution < 1.29 is 28.6 Å². The van der Waals surface area contributed by atoms with Crippen LogP contribution in [0.3, 0.4) is 0 Å². The number of ether oxygens (including phenoxy) is 3. The Bertz CT molecular complexity index is 788. The third-order valence-corrected chi connectivity index (χ3v) is 4.83. The predicted molar refractivity (Wildman–Crippen MR) is 117 cm³/mol. The van der Waals surface area contributed by atoms with Crippen molar-refractivity contribution >= 4 is 18.0 Å². The molecule has 0 saturated carbocycles. The van der Waals surface area contributed by atoms with Crippen LogP contribution in [0, 0.1) is 5.92 Å². The summed E-state index contributed by atoms with van der Waals surface area (Å²) in [6.45, 7) is 13.8.